The third-order valence-corrected chi connectivity index (χ3v) is 6.18. The van der Waals surface area contributed by atoms with Crippen molar-refractivity contribution in [1.82, 2.24) is 0 Å². The van der Waals surface area contributed by atoms with Crippen LogP contribution < -0.4 is 0 Å². The molecule has 0 spiro atoms. The van der Waals surface area contributed by atoms with Gasteiger partial charge >= 0.3 is 5.97 Å². The number of rotatable bonds is 10. The summed E-state index contributed by atoms with van der Waals surface area (Å²) in [5.41, 5.74) is 2.76. The zero-order valence-corrected chi connectivity index (χ0v) is 19.1. The molecule has 3 rings (SSSR count). The average molecular weight is 453 g/mol. The smallest absolute Gasteiger partial charge is 0.337 e. The number of hydrogen-bond donors (Lipinski definition) is 0. The van der Waals surface area contributed by atoms with Crippen LogP contribution in [0.2, 0.25) is 0 Å². The van der Waals surface area contributed by atoms with Crippen LogP contribution in [0.15, 0.2) is 89.8 Å². The fraction of sp³-hybridized carbons (Fsp3) is 0.269. The molecule has 3 aromatic carbocycles. The molecular formula is C26H28O5S. The quantitative estimate of drug-likeness (QED) is 0.304. The van der Waals surface area contributed by atoms with Crippen LogP contribution in [0.3, 0.4) is 0 Å². The molecule has 0 aliphatic heterocycles. The van der Waals surface area contributed by atoms with Crippen molar-refractivity contribution < 1.29 is 22.1 Å². The van der Waals surface area contributed by atoms with Crippen LogP contribution in [0, 0.1) is 0 Å². The van der Waals surface area contributed by atoms with E-state index in [-0.39, 0.29) is 17.4 Å². The van der Waals surface area contributed by atoms with Crippen molar-refractivity contribution in [1.29, 1.82) is 0 Å². The van der Waals surface area contributed by atoms with Crippen molar-refractivity contribution in [3.63, 3.8) is 0 Å². The van der Waals surface area contributed by atoms with Gasteiger partial charge in [-0.15, -0.1) is 0 Å². The Kier molecular flexibility index (Phi) is 8.20. The molecule has 5 nitrogen and oxygen atoms in total. The first-order valence-corrected chi connectivity index (χ1v) is 12.1. The van der Waals surface area contributed by atoms with Crippen LogP contribution in [0.1, 0.15) is 32.3 Å². The molecule has 6 heteroatoms. The molecule has 0 aliphatic rings. The predicted octanol–water partition coefficient (Wildman–Crippen LogP) is 5.40. The van der Waals surface area contributed by atoms with Gasteiger partial charge in [0.25, 0.3) is 10.1 Å². The molecule has 0 amide bonds. The van der Waals surface area contributed by atoms with Gasteiger partial charge in [-0.2, -0.15) is 8.42 Å². The number of carbonyl (C=O) groups is 1. The second-order valence-electron chi connectivity index (χ2n) is 7.80. The van der Waals surface area contributed by atoms with Gasteiger partial charge in [-0.1, -0.05) is 72.8 Å². The van der Waals surface area contributed by atoms with Crippen molar-refractivity contribution in [3.8, 4) is 11.1 Å². The molecule has 0 aliphatic carbocycles. The van der Waals surface area contributed by atoms with Gasteiger partial charge in [0.2, 0.25) is 0 Å². The topological polar surface area (TPSA) is 69.7 Å². The van der Waals surface area contributed by atoms with Crippen LogP contribution >= 0.6 is 0 Å². The van der Waals surface area contributed by atoms with Crippen molar-refractivity contribution in [2.75, 3.05) is 0 Å². The van der Waals surface area contributed by atoms with Crippen molar-refractivity contribution in [3.05, 3.63) is 90.5 Å². The summed E-state index contributed by atoms with van der Waals surface area (Å²) in [6.07, 6.45) is -0.0445. The zero-order valence-electron chi connectivity index (χ0n) is 18.3. The Balaban J connectivity index is 1.77. The molecule has 32 heavy (non-hydrogen) atoms. The van der Waals surface area contributed by atoms with Gasteiger partial charge in [-0.3, -0.25) is 4.18 Å². The number of benzene rings is 3. The standard InChI is InChI=1S/C26H28O5S/c1-20(2)30-26(27)25(18-9-13-21-11-5-3-6-12-21)31-32(28,29)24-17-10-16-23(19-24)22-14-7-4-8-15-22/h3-8,10-12,14-17,19-20,25H,9,13,18H2,1-2H3/t25-/m1/s1. The predicted molar refractivity (Wildman–Crippen MR) is 125 cm³/mol. The highest BCUT2D eigenvalue weighted by atomic mass is 32.2. The molecule has 0 bridgehead atoms. The zero-order chi connectivity index (χ0) is 23.0. The number of aryl methyl sites for hydroxylation is 1. The summed E-state index contributed by atoms with van der Waals surface area (Å²) < 4.78 is 36.7. The van der Waals surface area contributed by atoms with E-state index in [1.165, 1.54) is 6.07 Å². The Bertz CT molecular complexity index is 1110. The Morgan fingerprint density at radius 3 is 2.12 bits per heavy atom. The van der Waals surface area contributed by atoms with Crippen LogP contribution in [0.5, 0.6) is 0 Å². The third kappa shape index (κ3) is 6.77. The number of hydrogen-bond acceptors (Lipinski definition) is 5. The maximum atomic E-state index is 13.0. The first kappa shape index (κ1) is 23.7. The molecule has 0 unspecified atom stereocenters. The van der Waals surface area contributed by atoms with Gasteiger partial charge in [-0.25, -0.2) is 4.79 Å². The van der Waals surface area contributed by atoms with Gasteiger partial charge in [0, 0.05) is 0 Å². The lowest BCUT2D eigenvalue weighted by Gasteiger charge is -2.18. The molecular weight excluding hydrogens is 424 g/mol. The average Bonchev–Trinajstić information content (AvgIpc) is 2.79. The van der Waals surface area contributed by atoms with Gasteiger partial charge in [-0.05, 0) is 61.9 Å². The molecule has 0 fully saturated rings. The van der Waals surface area contributed by atoms with Gasteiger partial charge in [0.05, 0.1) is 11.0 Å². The lowest BCUT2D eigenvalue weighted by molar-refractivity contribution is -0.156. The Hall–Kier alpha value is -2.96. The number of ether oxygens (including phenoxy) is 1. The second kappa shape index (κ2) is 11.1. The van der Waals surface area contributed by atoms with E-state index in [2.05, 4.69) is 0 Å². The Labute approximate surface area is 190 Å². The number of esters is 1. The van der Waals surface area contributed by atoms with Gasteiger partial charge < -0.3 is 4.74 Å². The number of carbonyl (C=O) groups excluding carboxylic acids is 1. The van der Waals surface area contributed by atoms with Crippen molar-refractivity contribution >= 4 is 16.1 Å². The molecule has 3 aromatic rings. The van der Waals surface area contributed by atoms with Gasteiger partial charge in [0.1, 0.15) is 0 Å². The van der Waals surface area contributed by atoms with Crippen LogP contribution in [-0.4, -0.2) is 26.6 Å². The molecule has 0 heterocycles. The van der Waals surface area contributed by atoms with Gasteiger partial charge in [0.15, 0.2) is 6.10 Å². The third-order valence-electron chi connectivity index (χ3n) is 4.86. The fourth-order valence-corrected chi connectivity index (χ4v) is 4.43. The monoisotopic (exact) mass is 452 g/mol. The summed E-state index contributed by atoms with van der Waals surface area (Å²) in [7, 11) is -4.17. The molecule has 0 N–H and O–H groups in total. The maximum Gasteiger partial charge on any atom is 0.337 e. The normalized spacial score (nSPS) is 12.5. The summed E-state index contributed by atoms with van der Waals surface area (Å²) in [5.74, 6) is -0.671. The molecule has 168 valence electrons. The molecule has 0 aromatic heterocycles. The maximum absolute atomic E-state index is 13.0. The van der Waals surface area contributed by atoms with E-state index in [1.807, 2.05) is 66.7 Å². The summed E-state index contributed by atoms with van der Waals surface area (Å²) in [6, 6.07) is 25.8. The summed E-state index contributed by atoms with van der Waals surface area (Å²) in [4.78, 5) is 12.6. The van der Waals surface area contributed by atoms with E-state index in [0.717, 1.165) is 16.7 Å². The molecule has 1 atom stereocenters. The lowest BCUT2D eigenvalue weighted by atomic mass is 10.1. The van der Waals surface area contributed by atoms with Crippen LogP contribution in [0.4, 0.5) is 0 Å². The largest absolute Gasteiger partial charge is 0.461 e. The minimum Gasteiger partial charge on any atom is -0.461 e. The fourth-order valence-electron chi connectivity index (χ4n) is 3.32. The summed E-state index contributed by atoms with van der Waals surface area (Å²) in [5, 5.41) is 0. The minimum absolute atomic E-state index is 0.00394. The first-order chi connectivity index (χ1) is 15.3. The van der Waals surface area contributed by atoms with Crippen LogP contribution in [-0.2, 0) is 30.3 Å². The van der Waals surface area contributed by atoms with E-state index >= 15 is 0 Å². The van der Waals surface area contributed by atoms with Crippen LogP contribution in [0.25, 0.3) is 11.1 Å². The van der Waals surface area contributed by atoms with E-state index < -0.39 is 22.2 Å². The highest BCUT2D eigenvalue weighted by Gasteiger charge is 2.29. The lowest BCUT2D eigenvalue weighted by Crippen LogP contribution is -2.31. The SMILES string of the molecule is CC(C)OC(=O)[C@@H](CCCc1ccccc1)OS(=O)(=O)c1cccc(-c2ccccc2)c1. The highest BCUT2D eigenvalue weighted by Crippen LogP contribution is 2.25. The summed E-state index contributed by atoms with van der Waals surface area (Å²) in [6.45, 7) is 3.44. The first-order valence-electron chi connectivity index (χ1n) is 10.7. The van der Waals surface area contributed by atoms with Crippen molar-refractivity contribution in [2.24, 2.45) is 0 Å². The Morgan fingerprint density at radius 1 is 0.844 bits per heavy atom. The van der Waals surface area contributed by atoms with Crippen molar-refractivity contribution in [2.45, 2.75) is 50.2 Å². The molecule has 0 saturated heterocycles. The minimum atomic E-state index is -4.17. The van der Waals surface area contributed by atoms with E-state index in [4.69, 9.17) is 8.92 Å². The summed E-state index contributed by atoms with van der Waals surface area (Å²) >= 11 is 0. The highest BCUT2D eigenvalue weighted by molar-refractivity contribution is 7.86. The Morgan fingerprint density at radius 2 is 1.47 bits per heavy atom. The second-order valence-corrected chi connectivity index (χ2v) is 9.37. The van der Waals surface area contributed by atoms with E-state index in [0.29, 0.717) is 12.8 Å². The van der Waals surface area contributed by atoms with E-state index in [1.54, 1.807) is 26.0 Å². The van der Waals surface area contributed by atoms with E-state index in [9.17, 15) is 13.2 Å². The molecule has 0 radical (unpaired) electrons. The molecule has 0 saturated carbocycles.